The van der Waals surface area contributed by atoms with Crippen LogP contribution in [0.25, 0.3) is 0 Å². The largest absolute Gasteiger partial charge is 0.333 e. The number of carbonyl (C=O) groups is 2. The van der Waals surface area contributed by atoms with Gasteiger partial charge in [-0.25, -0.2) is 4.79 Å². The van der Waals surface area contributed by atoms with Crippen molar-refractivity contribution >= 4 is 23.3 Å². The summed E-state index contributed by atoms with van der Waals surface area (Å²) in [6.45, 7) is 2.73. The molecule has 3 rings (SSSR count). The minimum absolute atomic E-state index is 0.0549. The Labute approximate surface area is 172 Å². The molecule has 1 heterocycles. The van der Waals surface area contributed by atoms with Crippen LogP contribution in [0.1, 0.15) is 37.8 Å². The number of hydrogen-bond acceptors (Lipinski definition) is 3. The van der Waals surface area contributed by atoms with Gasteiger partial charge in [0, 0.05) is 30.4 Å². The van der Waals surface area contributed by atoms with E-state index in [1.807, 2.05) is 63.5 Å². The predicted molar refractivity (Wildman–Crippen MR) is 117 cm³/mol. The number of anilines is 2. The Bertz CT molecular complexity index is 838. The molecule has 154 valence electrons. The van der Waals surface area contributed by atoms with Crippen LogP contribution in [0.4, 0.5) is 16.2 Å². The average molecular weight is 395 g/mol. The summed E-state index contributed by atoms with van der Waals surface area (Å²) in [5.41, 5.74) is 2.65. The van der Waals surface area contributed by atoms with Crippen molar-refractivity contribution in [3.63, 3.8) is 0 Å². The molecule has 0 spiro atoms. The summed E-state index contributed by atoms with van der Waals surface area (Å²) in [4.78, 5) is 28.7. The zero-order valence-corrected chi connectivity index (χ0v) is 17.4. The molecule has 0 aromatic heterocycles. The van der Waals surface area contributed by atoms with Crippen LogP contribution in [0.3, 0.4) is 0 Å². The molecule has 0 bridgehead atoms. The summed E-state index contributed by atoms with van der Waals surface area (Å²) in [6.07, 6.45) is 2.54. The molecule has 2 aromatic rings. The summed E-state index contributed by atoms with van der Waals surface area (Å²) < 4.78 is 0. The number of hydrogen-bond donors (Lipinski definition) is 2. The molecule has 29 heavy (non-hydrogen) atoms. The lowest BCUT2D eigenvalue weighted by molar-refractivity contribution is -0.119. The Morgan fingerprint density at radius 1 is 1.07 bits per heavy atom. The van der Waals surface area contributed by atoms with Gasteiger partial charge in [0.05, 0.1) is 6.04 Å². The fourth-order valence-corrected chi connectivity index (χ4v) is 3.97. The quantitative estimate of drug-likeness (QED) is 0.778. The Kier molecular flexibility index (Phi) is 6.88. The van der Waals surface area contributed by atoms with E-state index < -0.39 is 0 Å². The molecular formula is C23H30N4O2. The van der Waals surface area contributed by atoms with Crippen molar-refractivity contribution in [3.8, 4) is 0 Å². The first-order valence-electron chi connectivity index (χ1n) is 10.1. The van der Waals surface area contributed by atoms with Gasteiger partial charge in [0.25, 0.3) is 0 Å². The molecule has 6 heteroatoms. The number of piperidine rings is 1. The molecule has 1 fully saturated rings. The lowest BCUT2D eigenvalue weighted by Crippen LogP contribution is -2.44. The van der Waals surface area contributed by atoms with Crippen LogP contribution in [0.5, 0.6) is 0 Å². The number of nitrogens with one attached hydrogen (secondary N) is 2. The first-order valence-corrected chi connectivity index (χ1v) is 10.1. The predicted octanol–water partition coefficient (Wildman–Crippen LogP) is 4.02. The van der Waals surface area contributed by atoms with E-state index in [0.29, 0.717) is 12.1 Å². The van der Waals surface area contributed by atoms with Gasteiger partial charge in [-0.1, -0.05) is 36.4 Å². The average Bonchev–Trinajstić information content (AvgIpc) is 2.69. The van der Waals surface area contributed by atoms with Crippen LogP contribution in [-0.4, -0.2) is 43.5 Å². The maximum atomic E-state index is 12.6. The van der Waals surface area contributed by atoms with Crippen LogP contribution < -0.4 is 15.5 Å². The molecule has 0 unspecified atom stereocenters. The minimum atomic E-state index is -0.262. The zero-order chi connectivity index (χ0) is 20.8. The van der Waals surface area contributed by atoms with E-state index in [9.17, 15) is 9.59 Å². The second-order valence-electron chi connectivity index (χ2n) is 7.76. The van der Waals surface area contributed by atoms with Gasteiger partial charge in [0.1, 0.15) is 0 Å². The number of amides is 3. The van der Waals surface area contributed by atoms with Crippen LogP contribution in [0.15, 0.2) is 54.6 Å². The number of nitrogens with zero attached hydrogens (tertiary/aromatic N) is 2. The van der Waals surface area contributed by atoms with E-state index in [4.69, 9.17) is 0 Å². The van der Waals surface area contributed by atoms with Gasteiger partial charge in [-0.05, 0) is 57.6 Å². The molecule has 1 saturated heterocycles. The molecule has 2 N–H and O–H groups in total. The zero-order valence-electron chi connectivity index (χ0n) is 17.4. The minimum Gasteiger partial charge on any atom is -0.333 e. The maximum absolute atomic E-state index is 12.6. The van der Waals surface area contributed by atoms with E-state index in [1.165, 1.54) is 0 Å². The van der Waals surface area contributed by atoms with Crippen LogP contribution in [0, 0.1) is 0 Å². The highest BCUT2D eigenvalue weighted by Gasteiger charge is 2.23. The summed E-state index contributed by atoms with van der Waals surface area (Å²) in [6, 6.07) is 17.3. The first kappa shape index (κ1) is 20.9. The molecule has 1 aliphatic heterocycles. The smallest absolute Gasteiger partial charge is 0.319 e. The highest BCUT2D eigenvalue weighted by atomic mass is 16.2. The standard InChI is InChI=1S/C23H30N4O2/c1-17(22(26(2)3)18-10-5-4-6-11-18)24-23(29)25-19-12-9-13-20(16-19)27-15-8-7-14-21(27)28/h4-6,9-13,16-17,22H,7-8,14-15H2,1-3H3,(H2,24,25,29)/t17-,22+/m0/s1. The fraction of sp³-hybridized carbons (Fsp3) is 0.391. The highest BCUT2D eigenvalue weighted by molar-refractivity contribution is 5.95. The number of urea groups is 1. The van der Waals surface area contributed by atoms with Gasteiger partial charge in [-0.2, -0.15) is 0 Å². The highest BCUT2D eigenvalue weighted by Crippen LogP contribution is 2.25. The number of carbonyl (C=O) groups excluding carboxylic acids is 2. The molecule has 3 amide bonds. The topological polar surface area (TPSA) is 64.7 Å². The Hall–Kier alpha value is -2.86. The van der Waals surface area contributed by atoms with Crippen LogP contribution in [-0.2, 0) is 4.79 Å². The van der Waals surface area contributed by atoms with Crippen molar-refractivity contribution in [1.82, 2.24) is 10.2 Å². The monoisotopic (exact) mass is 394 g/mol. The molecular weight excluding hydrogens is 364 g/mol. The Balaban J connectivity index is 1.65. The third-order valence-corrected chi connectivity index (χ3v) is 5.27. The molecule has 6 nitrogen and oxygen atoms in total. The molecule has 2 atom stereocenters. The third kappa shape index (κ3) is 5.35. The van der Waals surface area contributed by atoms with E-state index >= 15 is 0 Å². The molecule has 1 aliphatic rings. The van der Waals surface area contributed by atoms with Gasteiger partial charge in [0.15, 0.2) is 0 Å². The van der Waals surface area contributed by atoms with Gasteiger partial charge in [-0.3, -0.25) is 4.79 Å². The lowest BCUT2D eigenvalue weighted by Gasteiger charge is -2.31. The van der Waals surface area contributed by atoms with Crippen molar-refractivity contribution < 1.29 is 9.59 Å². The second-order valence-corrected chi connectivity index (χ2v) is 7.76. The first-order chi connectivity index (χ1) is 14.0. The molecule has 2 aromatic carbocycles. The normalized spacial score (nSPS) is 16.4. The van der Waals surface area contributed by atoms with E-state index in [1.54, 1.807) is 4.90 Å². The van der Waals surface area contributed by atoms with Crippen molar-refractivity contribution in [3.05, 3.63) is 60.2 Å². The summed E-state index contributed by atoms with van der Waals surface area (Å²) in [7, 11) is 4.01. The van der Waals surface area contributed by atoms with Gasteiger partial charge in [0.2, 0.25) is 5.91 Å². The number of rotatable bonds is 6. The van der Waals surface area contributed by atoms with Crippen molar-refractivity contribution in [2.24, 2.45) is 0 Å². The van der Waals surface area contributed by atoms with Crippen molar-refractivity contribution in [2.45, 2.75) is 38.3 Å². The fourth-order valence-electron chi connectivity index (χ4n) is 3.97. The van der Waals surface area contributed by atoms with Crippen LogP contribution in [0.2, 0.25) is 0 Å². The second kappa shape index (κ2) is 9.56. The lowest BCUT2D eigenvalue weighted by atomic mass is 9.99. The number of benzene rings is 2. The van der Waals surface area contributed by atoms with E-state index in [2.05, 4.69) is 27.7 Å². The van der Waals surface area contributed by atoms with Gasteiger partial charge in [-0.15, -0.1) is 0 Å². The van der Waals surface area contributed by atoms with Crippen LogP contribution >= 0.6 is 0 Å². The Morgan fingerprint density at radius 3 is 2.52 bits per heavy atom. The third-order valence-electron chi connectivity index (χ3n) is 5.27. The molecule has 0 saturated carbocycles. The number of likely N-dealkylation sites (N-methyl/N-ethyl adjacent to an activating group) is 1. The molecule has 0 aliphatic carbocycles. The van der Waals surface area contributed by atoms with Crippen molar-refractivity contribution in [1.29, 1.82) is 0 Å². The van der Waals surface area contributed by atoms with E-state index in [-0.39, 0.29) is 24.0 Å². The maximum Gasteiger partial charge on any atom is 0.319 e. The summed E-state index contributed by atoms with van der Waals surface area (Å²) in [5.74, 6) is 0.142. The summed E-state index contributed by atoms with van der Waals surface area (Å²) in [5, 5.41) is 5.95. The van der Waals surface area contributed by atoms with Gasteiger partial charge < -0.3 is 20.4 Å². The SMILES string of the molecule is C[C@H](NC(=O)Nc1cccc(N2CCCCC2=O)c1)[C@H](c1ccccc1)N(C)C. The van der Waals surface area contributed by atoms with E-state index in [0.717, 1.165) is 30.6 Å². The Morgan fingerprint density at radius 2 is 1.83 bits per heavy atom. The molecule has 0 radical (unpaired) electrons. The van der Waals surface area contributed by atoms with Crippen molar-refractivity contribution in [2.75, 3.05) is 30.9 Å². The van der Waals surface area contributed by atoms with Gasteiger partial charge >= 0.3 is 6.03 Å². The summed E-state index contributed by atoms with van der Waals surface area (Å²) >= 11 is 0.